The fraction of sp³-hybridized carbons (Fsp3) is 0.276. The Kier molecular flexibility index (Phi) is 8.58. The predicted molar refractivity (Wildman–Crippen MR) is 144 cm³/mol. The van der Waals surface area contributed by atoms with E-state index >= 15 is 0 Å². The van der Waals surface area contributed by atoms with Crippen LogP contribution in [-0.4, -0.2) is 67.4 Å². The van der Waals surface area contributed by atoms with Crippen molar-refractivity contribution in [2.24, 2.45) is 0 Å². The van der Waals surface area contributed by atoms with Crippen LogP contribution >= 0.6 is 0 Å². The molecule has 1 aliphatic rings. The van der Waals surface area contributed by atoms with Gasteiger partial charge >= 0.3 is 0 Å². The summed E-state index contributed by atoms with van der Waals surface area (Å²) in [4.78, 5) is 42.9. The maximum absolute atomic E-state index is 13.2. The first-order valence-electron chi connectivity index (χ1n) is 12.4. The van der Waals surface area contributed by atoms with Crippen molar-refractivity contribution < 1.29 is 23.5 Å². The summed E-state index contributed by atoms with van der Waals surface area (Å²) in [6.45, 7) is 4.12. The van der Waals surface area contributed by atoms with Crippen LogP contribution < -0.4 is 15.0 Å². The fourth-order valence-corrected chi connectivity index (χ4v) is 4.30. The molecule has 1 aliphatic heterocycles. The summed E-state index contributed by atoms with van der Waals surface area (Å²) in [6.07, 6.45) is 0. The number of hydrogen-bond donors (Lipinski definition) is 1. The van der Waals surface area contributed by atoms with E-state index in [9.17, 15) is 18.8 Å². The monoisotopic (exact) mass is 518 g/mol. The molecule has 3 aromatic carbocycles. The number of ether oxygens (including phenoxy) is 1. The van der Waals surface area contributed by atoms with Gasteiger partial charge in [0.1, 0.15) is 18.1 Å². The zero-order valence-corrected chi connectivity index (χ0v) is 21.5. The minimum atomic E-state index is -0.353. The smallest absolute Gasteiger partial charge is 0.253 e. The Hall–Kier alpha value is -4.40. The zero-order valence-electron chi connectivity index (χ0n) is 21.5. The van der Waals surface area contributed by atoms with Gasteiger partial charge in [0.2, 0.25) is 11.8 Å². The molecule has 0 aromatic heterocycles. The summed E-state index contributed by atoms with van der Waals surface area (Å²) < 4.78 is 18.3. The quantitative estimate of drug-likeness (QED) is 0.491. The van der Waals surface area contributed by atoms with Crippen LogP contribution in [0.25, 0.3) is 0 Å². The van der Waals surface area contributed by atoms with Crippen molar-refractivity contribution in [3.8, 4) is 5.75 Å². The SMILES string of the molecule is COc1ccc(C(=O)N2CCN(c3ccc(NC(=O)CN(Cc4ccc(F)cc4)C(C)=O)cc3)CC2)cc1. The maximum atomic E-state index is 13.2. The third-order valence-corrected chi connectivity index (χ3v) is 6.49. The van der Waals surface area contributed by atoms with Gasteiger partial charge in [-0.2, -0.15) is 0 Å². The lowest BCUT2D eigenvalue weighted by Gasteiger charge is -2.36. The molecule has 1 fully saturated rings. The van der Waals surface area contributed by atoms with E-state index < -0.39 is 0 Å². The van der Waals surface area contributed by atoms with Crippen LogP contribution in [0.2, 0.25) is 0 Å². The van der Waals surface area contributed by atoms with Gasteiger partial charge < -0.3 is 24.8 Å². The highest BCUT2D eigenvalue weighted by atomic mass is 19.1. The van der Waals surface area contributed by atoms with E-state index in [4.69, 9.17) is 4.74 Å². The molecular formula is C29H31FN4O4. The van der Waals surface area contributed by atoms with E-state index in [2.05, 4.69) is 10.2 Å². The third kappa shape index (κ3) is 6.88. The molecule has 1 heterocycles. The molecule has 38 heavy (non-hydrogen) atoms. The number of methoxy groups -OCH3 is 1. The summed E-state index contributed by atoms with van der Waals surface area (Å²) in [5.74, 6) is -0.199. The van der Waals surface area contributed by atoms with Gasteiger partial charge in [-0.1, -0.05) is 12.1 Å². The van der Waals surface area contributed by atoms with Gasteiger partial charge in [0.05, 0.1) is 7.11 Å². The van der Waals surface area contributed by atoms with Gasteiger partial charge in [-0.05, 0) is 66.2 Å². The summed E-state index contributed by atoms with van der Waals surface area (Å²) >= 11 is 0. The Morgan fingerprint density at radius 2 is 1.53 bits per heavy atom. The fourth-order valence-electron chi connectivity index (χ4n) is 4.30. The predicted octanol–water partition coefficient (Wildman–Crippen LogP) is 3.78. The van der Waals surface area contributed by atoms with E-state index in [0.29, 0.717) is 43.2 Å². The van der Waals surface area contributed by atoms with Crippen LogP contribution in [0.15, 0.2) is 72.8 Å². The van der Waals surface area contributed by atoms with Crippen molar-refractivity contribution >= 4 is 29.1 Å². The largest absolute Gasteiger partial charge is 0.497 e. The van der Waals surface area contributed by atoms with E-state index in [1.807, 2.05) is 29.2 Å². The average molecular weight is 519 g/mol. The van der Waals surface area contributed by atoms with Crippen molar-refractivity contribution in [3.63, 3.8) is 0 Å². The molecule has 1 saturated heterocycles. The van der Waals surface area contributed by atoms with Crippen LogP contribution in [-0.2, 0) is 16.1 Å². The minimum absolute atomic E-state index is 0.00407. The number of amides is 3. The van der Waals surface area contributed by atoms with Crippen LogP contribution in [0.1, 0.15) is 22.8 Å². The molecule has 9 heteroatoms. The molecule has 0 aliphatic carbocycles. The van der Waals surface area contributed by atoms with Crippen molar-refractivity contribution in [3.05, 3.63) is 89.7 Å². The first kappa shape index (κ1) is 26.7. The van der Waals surface area contributed by atoms with E-state index in [0.717, 1.165) is 11.3 Å². The number of piperazine rings is 1. The summed E-state index contributed by atoms with van der Waals surface area (Å²) in [5.41, 5.74) is 3.00. The first-order valence-corrected chi connectivity index (χ1v) is 12.4. The molecular weight excluding hydrogens is 487 g/mol. The van der Waals surface area contributed by atoms with E-state index in [1.165, 1.54) is 24.0 Å². The Labute approximate surface area is 221 Å². The molecule has 198 valence electrons. The average Bonchev–Trinajstić information content (AvgIpc) is 2.94. The Bertz CT molecular complexity index is 1260. The number of rotatable bonds is 8. The molecule has 3 aromatic rings. The van der Waals surface area contributed by atoms with Gasteiger partial charge in [0.15, 0.2) is 0 Å². The summed E-state index contributed by atoms with van der Waals surface area (Å²) in [7, 11) is 1.59. The molecule has 0 bridgehead atoms. The Morgan fingerprint density at radius 3 is 2.11 bits per heavy atom. The second-order valence-electron chi connectivity index (χ2n) is 9.10. The second kappa shape index (κ2) is 12.2. The lowest BCUT2D eigenvalue weighted by Crippen LogP contribution is -2.48. The molecule has 0 radical (unpaired) electrons. The van der Waals surface area contributed by atoms with Gasteiger partial charge in [-0.25, -0.2) is 4.39 Å². The number of benzene rings is 3. The Morgan fingerprint density at radius 1 is 0.895 bits per heavy atom. The molecule has 3 amide bonds. The molecule has 8 nitrogen and oxygen atoms in total. The van der Waals surface area contributed by atoms with Gasteiger partial charge in [-0.3, -0.25) is 14.4 Å². The van der Waals surface area contributed by atoms with Crippen molar-refractivity contribution in [2.45, 2.75) is 13.5 Å². The second-order valence-corrected chi connectivity index (χ2v) is 9.10. The number of nitrogens with zero attached hydrogens (tertiary/aromatic N) is 3. The van der Waals surface area contributed by atoms with Crippen molar-refractivity contribution in [1.29, 1.82) is 0 Å². The minimum Gasteiger partial charge on any atom is -0.497 e. The first-order chi connectivity index (χ1) is 18.3. The molecule has 1 N–H and O–H groups in total. The molecule has 0 saturated carbocycles. The number of anilines is 2. The number of carbonyl (C=O) groups is 3. The number of nitrogens with one attached hydrogen (secondary N) is 1. The van der Waals surface area contributed by atoms with Crippen molar-refractivity contribution in [2.75, 3.05) is 50.1 Å². The lowest BCUT2D eigenvalue weighted by molar-refractivity contribution is -0.133. The highest BCUT2D eigenvalue weighted by Gasteiger charge is 2.22. The van der Waals surface area contributed by atoms with E-state index in [1.54, 1.807) is 43.5 Å². The van der Waals surface area contributed by atoms with E-state index in [-0.39, 0.29) is 36.6 Å². The highest BCUT2D eigenvalue weighted by molar-refractivity contribution is 5.95. The van der Waals surface area contributed by atoms with Crippen LogP contribution in [0.5, 0.6) is 5.75 Å². The standard InChI is InChI=1S/C29H31FN4O4/c1-21(35)34(19-22-3-7-24(30)8-4-22)20-28(36)31-25-9-11-26(12-10-25)32-15-17-33(18-16-32)29(37)23-5-13-27(38-2)14-6-23/h3-14H,15-20H2,1-2H3,(H,31,36). The molecule has 0 atom stereocenters. The third-order valence-electron chi connectivity index (χ3n) is 6.49. The summed E-state index contributed by atoms with van der Waals surface area (Å²) in [5, 5.41) is 2.83. The molecule has 4 rings (SSSR count). The number of carbonyl (C=O) groups excluding carboxylic acids is 3. The maximum Gasteiger partial charge on any atom is 0.253 e. The zero-order chi connectivity index (χ0) is 27.1. The van der Waals surface area contributed by atoms with Gasteiger partial charge in [0, 0.05) is 56.6 Å². The van der Waals surface area contributed by atoms with Crippen LogP contribution in [0.4, 0.5) is 15.8 Å². The van der Waals surface area contributed by atoms with Crippen molar-refractivity contribution in [1.82, 2.24) is 9.80 Å². The van der Waals surface area contributed by atoms with Crippen LogP contribution in [0.3, 0.4) is 0 Å². The molecule has 0 unspecified atom stereocenters. The number of halogens is 1. The van der Waals surface area contributed by atoms with Gasteiger partial charge in [0.25, 0.3) is 5.91 Å². The Balaban J connectivity index is 1.27. The highest BCUT2D eigenvalue weighted by Crippen LogP contribution is 2.21. The normalized spacial score (nSPS) is 13.1. The molecule has 0 spiro atoms. The number of hydrogen-bond acceptors (Lipinski definition) is 5. The van der Waals surface area contributed by atoms with Gasteiger partial charge in [-0.15, -0.1) is 0 Å². The topological polar surface area (TPSA) is 82.2 Å². The lowest BCUT2D eigenvalue weighted by atomic mass is 10.1. The van der Waals surface area contributed by atoms with Crippen LogP contribution in [0, 0.1) is 5.82 Å². The summed E-state index contributed by atoms with van der Waals surface area (Å²) in [6, 6.07) is 20.5.